The molecule has 1 aliphatic carbocycles. The van der Waals surface area contributed by atoms with Gasteiger partial charge in [0.05, 0.1) is 7.11 Å². The first-order valence-corrected chi connectivity index (χ1v) is 7.51. The minimum absolute atomic E-state index is 0.138. The van der Waals surface area contributed by atoms with Gasteiger partial charge in [-0.15, -0.1) is 0 Å². The second kappa shape index (κ2) is 5.96. The van der Waals surface area contributed by atoms with Crippen LogP contribution in [0, 0.1) is 0 Å². The molecule has 0 atom stereocenters. The van der Waals surface area contributed by atoms with Gasteiger partial charge in [0.15, 0.2) is 0 Å². The van der Waals surface area contributed by atoms with Crippen LogP contribution in [-0.2, 0) is 5.41 Å². The van der Waals surface area contributed by atoms with Crippen molar-refractivity contribution in [3.63, 3.8) is 0 Å². The lowest BCUT2D eigenvalue weighted by Crippen LogP contribution is -2.37. The third-order valence-corrected chi connectivity index (χ3v) is 4.66. The summed E-state index contributed by atoms with van der Waals surface area (Å²) in [6.07, 6.45) is 6.30. The Bertz CT molecular complexity index is 419. The summed E-state index contributed by atoms with van der Waals surface area (Å²) in [6, 6.07) is 6.70. The smallest absolute Gasteiger partial charge is 0.122 e. The zero-order chi connectivity index (χ0) is 13.9. The van der Waals surface area contributed by atoms with Crippen molar-refractivity contribution in [3.05, 3.63) is 29.3 Å². The van der Waals surface area contributed by atoms with Gasteiger partial charge >= 0.3 is 0 Å². The summed E-state index contributed by atoms with van der Waals surface area (Å²) in [5.74, 6) is 1.56. The Hall–Kier alpha value is -1.02. The summed E-state index contributed by atoms with van der Waals surface area (Å²) in [4.78, 5) is 0. The minimum Gasteiger partial charge on any atom is -0.496 e. The van der Waals surface area contributed by atoms with E-state index in [4.69, 9.17) is 10.5 Å². The molecule has 0 bridgehead atoms. The molecule has 2 rings (SSSR count). The summed E-state index contributed by atoms with van der Waals surface area (Å²) < 4.78 is 5.66. The van der Waals surface area contributed by atoms with Crippen molar-refractivity contribution >= 4 is 0 Å². The standard InChI is InChI=1S/C17H27NO/c1-13(2)14-7-8-15(16(11-14)19-3)17(12-18)9-5-4-6-10-17/h7-8,11,13H,4-6,9-10,12,18H2,1-3H3. The topological polar surface area (TPSA) is 35.2 Å². The maximum absolute atomic E-state index is 6.14. The average Bonchev–Trinajstić information content (AvgIpc) is 2.47. The van der Waals surface area contributed by atoms with E-state index in [-0.39, 0.29) is 5.41 Å². The molecule has 19 heavy (non-hydrogen) atoms. The third kappa shape index (κ3) is 2.79. The molecular weight excluding hydrogens is 234 g/mol. The number of rotatable bonds is 4. The van der Waals surface area contributed by atoms with E-state index in [2.05, 4.69) is 32.0 Å². The SMILES string of the molecule is COc1cc(C(C)C)ccc1C1(CN)CCCCC1. The highest BCUT2D eigenvalue weighted by Crippen LogP contribution is 2.43. The van der Waals surface area contributed by atoms with Crippen LogP contribution in [0.3, 0.4) is 0 Å². The first-order valence-electron chi connectivity index (χ1n) is 7.51. The molecule has 1 aromatic rings. The van der Waals surface area contributed by atoms with Crippen LogP contribution in [-0.4, -0.2) is 13.7 Å². The molecule has 2 N–H and O–H groups in total. The molecule has 1 fully saturated rings. The molecule has 0 unspecified atom stereocenters. The zero-order valence-corrected chi connectivity index (χ0v) is 12.5. The van der Waals surface area contributed by atoms with Crippen molar-refractivity contribution < 1.29 is 4.74 Å². The second-order valence-electron chi connectivity index (χ2n) is 6.16. The average molecular weight is 261 g/mol. The number of benzene rings is 1. The van der Waals surface area contributed by atoms with Crippen LogP contribution in [0.15, 0.2) is 18.2 Å². The molecule has 0 amide bonds. The van der Waals surface area contributed by atoms with Crippen LogP contribution in [0.1, 0.15) is 63.0 Å². The van der Waals surface area contributed by atoms with E-state index in [1.807, 2.05) is 0 Å². The Morgan fingerprint density at radius 2 is 1.89 bits per heavy atom. The monoisotopic (exact) mass is 261 g/mol. The number of hydrogen-bond acceptors (Lipinski definition) is 2. The van der Waals surface area contributed by atoms with Gasteiger partial charge in [-0.1, -0.05) is 45.2 Å². The first-order chi connectivity index (χ1) is 9.13. The van der Waals surface area contributed by atoms with Gasteiger partial charge in [0.2, 0.25) is 0 Å². The lowest BCUT2D eigenvalue weighted by Gasteiger charge is -2.37. The Kier molecular flexibility index (Phi) is 4.51. The summed E-state index contributed by atoms with van der Waals surface area (Å²) >= 11 is 0. The predicted molar refractivity (Wildman–Crippen MR) is 80.9 cm³/mol. The molecule has 0 aromatic heterocycles. The van der Waals surface area contributed by atoms with Gasteiger partial charge in [0, 0.05) is 17.5 Å². The summed E-state index contributed by atoms with van der Waals surface area (Å²) in [5.41, 5.74) is 8.93. The fraction of sp³-hybridized carbons (Fsp3) is 0.647. The Balaban J connectivity index is 2.42. The van der Waals surface area contributed by atoms with Crippen LogP contribution in [0.4, 0.5) is 0 Å². The van der Waals surface area contributed by atoms with E-state index < -0.39 is 0 Å². The lowest BCUT2D eigenvalue weighted by molar-refractivity contribution is 0.287. The van der Waals surface area contributed by atoms with E-state index in [9.17, 15) is 0 Å². The van der Waals surface area contributed by atoms with Crippen LogP contribution in [0.5, 0.6) is 5.75 Å². The minimum atomic E-state index is 0.138. The van der Waals surface area contributed by atoms with Crippen molar-refractivity contribution in [3.8, 4) is 5.75 Å². The highest BCUT2D eigenvalue weighted by molar-refractivity contribution is 5.44. The molecule has 1 saturated carbocycles. The number of ether oxygens (including phenoxy) is 1. The van der Waals surface area contributed by atoms with Crippen molar-refractivity contribution in [2.24, 2.45) is 5.73 Å². The van der Waals surface area contributed by atoms with Gasteiger partial charge in [0.25, 0.3) is 0 Å². The fourth-order valence-corrected chi connectivity index (χ4v) is 3.32. The normalized spacial score (nSPS) is 18.6. The summed E-state index contributed by atoms with van der Waals surface area (Å²) in [5, 5.41) is 0. The van der Waals surface area contributed by atoms with Crippen LogP contribution in [0.25, 0.3) is 0 Å². The van der Waals surface area contributed by atoms with Crippen molar-refractivity contribution in [2.45, 2.75) is 57.3 Å². The fourth-order valence-electron chi connectivity index (χ4n) is 3.32. The molecule has 1 aromatic carbocycles. The maximum atomic E-state index is 6.14. The molecule has 2 nitrogen and oxygen atoms in total. The molecule has 0 spiro atoms. The lowest BCUT2D eigenvalue weighted by atomic mass is 9.69. The Morgan fingerprint density at radius 3 is 2.42 bits per heavy atom. The quantitative estimate of drug-likeness (QED) is 0.889. The predicted octanol–water partition coefficient (Wildman–Crippen LogP) is 3.98. The van der Waals surface area contributed by atoms with Crippen molar-refractivity contribution in [1.29, 1.82) is 0 Å². The van der Waals surface area contributed by atoms with E-state index in [1.165, 1.54) is 43.2 Å². The van der Waals surface area contributed by atoms with Gasteiger partial charge in [-0.05, 0) is 30.4 Å². The molecular formula is C17H27NO. The van der Waals surface area contributed by atoms with Gasteiger partial charge in [0.1, 0.15) is 5.75 Å². The highest BCUT2D eigenvalue weighted by atomic mass is 16.5. The van der Waals surface area contributed by atoms with Crippen molar-refractivity contribution in [1.82, 2.24) is 0 Å². The molecule has 0 heterocycles. The van der Waals surface area contributed by atoms with E-state index in [0.29, 0.717) is 5.92 Å². The number of hydrogen-bond donors (Lipinski definition) is 1. The summed E-state index contributed by atoms with van der Waals surface area (Å²) in [6.45, 7) is 5.16. The van der Waals surface area contributed by atoms with Gasteiger partial charge < -0.3 is 10.5 Å². The molecule has 106 valence electrons. The molecule has 0 saturated heterocycles. The van der Waals surface area contributed by atoms with E-state index in [1.54, 1.807) is 7.11 Å². The third-order valence-electron chi connectivity index (χ3n) is 4.66. The molecule has 0 aliphatic heterocycles. The highest BCUT2D eigenvalue weighted by Gasteiger charge is 2.34. The number of nitrogens with two attached hydrogens (primary N) is 1. The Morgan fingerprint density at radius 1 is 1.21 bits per heavy atom. The maximum Gasteiger partial charge on any atom is 0.122 e. The van der Waals surface area contributed by atoms with Gasteiger partial charge in [-0.2, -0.15) is 0 Å². The van der Waals surface area contributed by atoms with Crippen molar-refractivity contribution in [2.75, 3.05) is 13.7 Å². The van der Waals surface area contributed by atoms with Crippen LogP contribution in [0.2, 0.25) is 0 Å². The van der Waals surface area contributed by atoms with E-state index >= 15 is 0 Å². The van der Waals surface area contributed by atoms with Gasteiger partial charge in [-0.3, -0.25) is 0 Å². The molecule has 1 aliphatic rings. The second-order valence-corrected chi connectivity index (χ2v) is 6.16. The van der Waals surface area contributed by atoms with Gasteiger partial charge in [-0.25, -0.2) is 0 Å². The van der Waals surface area contributed by atoms with E-state index in [0.717, 1.165) is 12.3 Å². The summed E-state index contributed by atoms with van der Waals surface area (Å²) in [7, 11) is 1.77. The number of methoxy groups -OCH3 is 1. The Labute approximate surface area is 117 Å². The van der Waals surface area contributed by atoms with Crippen LogP contribution < -0.4 is 10.5 Å². The largest absolute Gasteiger partial charge is 0.496 e. The van der Waals surface area contributed by atoms with Crippen LogP contribution >= 0.6 is 0 Å². The molecule has 2 heteroatoms. The molecule has 0 radical (unpaired) electrons. The first kappa shape index (κ1) is 14.4. The zero-order valence-electron chi connectivity index (χ0n) is 12.5.